The molecule has 2 rings (SSSR count). The second-order valence-electron chi connectivity index (χ2n) is 9.22. The van der Waals surface area contributed by atoms with Crippen molar-refractivity contribution in [2.75, 3.05) is 6.61 Å². The molecule has 0 unspecified atom stereocenters. The molecular formula is C21H32NO4. The number of carbonyl (C=O) groups excluding carboxylic acids is 1. The second kappa shape index (κ2) is 7.67. The van der Waals surface area contributed by atoms with Crippen LogP contribution in [0.5, 0.6) is 0 Å². The third-order valence-corrected chi connectivity index (χ3v) is 4.95. The standard InChI is InChI=1S/C21H32NO4/c1-19(2,15-25-14-16-10-8-7-9-11-16)18(23)26-17-12-20(3,4)22(24)21(5,6)13-17/h7-11,17H,12-15H2,1-6H3. The van der Waals surface area contributed by atoms with Crippen molar-refractivity contribution in [3.63, 3.8) is 0 Å². The van der Waals surface area contributed by atoms with E-state index in [-0.39, 0.29) is 18.7 Å². The molecule has 0 atom stereocenters. The summed E-state index contributed by atoms with van der Waals surface area (Å²) in [6.07, 6.45) is 0.810. The largest absolute Gasteiger partial charge is 0.462 e. The molecule has 0 amide bonds. The topological polar surface area (TPSA) is 58.7 Å². The number of ether oxygens (including phenoxy) is 2. The summed E-state index contributed by atoms with van der Waals surface area (Å²) < 4.78 is 11.5. The summed E-state index contributed by atoms with van der Waals surface area (Å²) in [5, 5.41) is 13.6. The van der Waals surface area contributed by atoms with Crippen LogP contribution in [0.15, 0.2) is 30.3 Å². The minimum absolute atomic E-state index is 0.258. The molecule has 0 spiro atoms. The van der Waals surface area contributed by atoms with Gasteiger partial charge < -0.3 is 9.47 Å². The smallest absolute Gasteiger partial charge is 0.314 e. The van der Waals surface area contributed by atoms with E-state index in [1.165, 1.54) is 0 Å². The van der Waals surface area contributed by atoms with E-state index in [1.54, 1.807) is 0 Å². The normalized spacial score (nSPS) is 20.7. The van der Waals surface area contributed by atoms with Crippen molar-refractivity contribution in [2.24, 2.45) is 5.41 Å². The van der Waals surface area contributed by atoms with Gasteiger partial charge in [-0.05, 0) is 47.1 Å². The minimum Gasteiger partial charge on any atom is -0.462 e. The number of rotatable bonds is 6. The molecule has 1 aliphatic heterocycles. The molecule has 5 heteroatoms. The Bertz CT molecular complexity index is 592. The van der Waals surface area contributed by atoms with Crippen LogP contribution in [0.2, 0.25) is 0 Å². The van der Waals surface area contributed by atoms with Crippen LogP contribution >= 0.6 is 0 Å². The Morgan fingerprint density at radius 2 is 1.65 bits per heavy atom. The highest BCUT2D eigenvalue weighted by molar-refractivity contribution is 5.76. The van der Waals surface area contributed by atoms with Crippen LogP contribution in [-0.4, -0.2) is 34.8 Å². The van der Waals surface area contributed by atoms with Gasteiger partial charge in [-0.3, -0.25) is 4.79 Å². The van der Waals surface area contributed by atoms with Crippen LogP contribution in [-0.2, 0) is 26.1 Å². The van der Waals surface area contributed by atoms with E-state index < -0.39 is 16.5 Å². The Labute approximate surface area is 157 Å². The van der Waals surface area contributed by atoms with E-state index in [1.807, 2.05) is 71.9 Å². The van der Waals surface area contributed by atoms with E-state index in [4.69, 9.17) is 9.47 Å². The van der Waals surface area contributed by atoms with Crippen LogP contribution in [0.1, 0.15) is 59.9 Å². The first-order valence-corrected chi connectivity index (χ1v) is 9.24. The van der Waals surface area contributed by atoms with Gasteiger partial charge in [0, 0.05) is 23.9 Å². The molecule has 145 valence electrons. The molecule has 0 aliphatic carbocycles. The highest BCUT2D eigenvalue weighted by Gasteiger charge is 2.48. The Hall–Kier alpha value is -1.43. The average Bonchev–Trinajstić information content (AvgIpc) is 2.53. The average molecular weight is 362 g/mol. The summed E-state index contributed by atoms with van der Waals surface area (Å²) >= 11 is 0. The Morgan fingerprint density at radius 3 is 2.19 bits per heavy atom. The van der Waals surface area contributed by atoms with Crippen molar-refractivity contribution < 1.29 is 19.5 Å². The van der Waals surface area contributed by atoms with Gasteiger partial charge >= 0.3 is 5.97 Å². The van der Waals surface area contributed by atoms with Crippen molar-refractivity contribution in [3.8, 4) is 0 Å². The van der Waals surface area contributed by atoms with Crippen molar-refractivity contribution >= 4 is 5.97 Å². The maximum atomic E-state index is 12.7. The number of hydrogen-bond donors (Lipinski definition) is 0. The van der Waals surface area contributed by atoms with E-state index in [9.17, 15) is 10.0 Å². The molecule has 1 aromatic carbocycles. The molecule has 1 fully saturated rings. The zero-order chi connectivity index (χ0) is 19.6. The highest BCUT2D eigenvalue weighted by Crippen LogP contribution is 2.39. The molecule has 0 aromatic heterocycles. The van der Waals surface area contributed by atoms with Gasteiger partial charge in [-0.2, -0.15) is 0 Å². The molecule has 0 saturated carbocycles. The molecule has 0 bridgehead atoms. The lowest BCUT2D eigenvalue weighted by Crippen LogP contribution is -2.60. The van der Waals surface area contributed by atoms with E-state index in [0.717, 1.165) is 10.6 Å². The molecule has 5 nitrogen and oxygen atoms in total. The van der Waals surface area contributed by atoms with E-state index >= 15 is 0 Å². The first-order valence-electron chi connectivity index (χ1n) is 9.24. The number of piperidine rings is 1. The number of benzene rings is 1. The van der Waals surface area contributed by atoms with Gasteiger partial charge in [0.1, 0.15) is 6.10 Å². The summed E-state index contributed by atoms with van der Waals surface area (Å²) in [6.45, 7) is 12.0. The quantitative estimate of drug-likeness (QED) is 0.714. The van der Waals surface area contributed by atoms with Crippen LogP contribution in [0.25, 0.3) is 0 Å². The second-order valence-corrected chi connectivity index (χ2v) is 9.22. The fourth-order valence-corrected chi connectivity index (χ4v) is 3.62. The van der Waals surface area contributed by atoms with Gasteiger partial charge in [-0.15, -0.1) is 10.3 Å². The highest BCUT2D eigenvalue weighted by atomic mass is 16.6. The summed E-state index contributed by atoms with van der Waals surface area (Å²) in [6, 6.07) is 9.87. The summed E-state index contributed by atoms with van der Waals surface area (Å²) in [5.74, 6) is -0.276. The van der Waals surface area contributed by atoms with E-state index in [2.05, 4.69) is 0 Å². The van der Waals surface area contributed by atoms with Crippen molar-refractivity contribution in [1.82, 2.24) is 5.06 Å². The Morgan fingerprint density at radius 1 is 1.12 bits per heavy atom. The number of hydroxylamine groups is 2. The van der Waals surface area contributed by atoms with Gasteiger partial charge in [0.05, 0.1) is 18.6 Å². The maximum Gasteiger partial charge on any atom is 0.314 e. The number of nitrogens with zero attached hydrogens (tertiary/aromatic N) is 1. The van der Waals surface area contributed by atoms with Crippen LogP contribution in [0, 0.1) is 5.41 Å². The Kier molecular flexibility index (Phi) is 6.16. The molecule has 1 aromatic rings. The summed E-state index contributed by atoms with van der Waals surface area (Å²) in [5.41, 5.74) is -0.776. The maximum absolute atomic E-state index is 12.7. The predicted molar refractivity (Wildman–Crippen MR) is 99.7 cm³/mol. The number of hydrogen-bond acceptors (Lipinski definition) is 4. The number of carbonyl (C=O) groups is 1. The van der Waals surface area contributed by atoms with Gasteiger partial charge in [-0.1, -0.05) is 30.3 Å². The van der Waals surface area contributed by atoms with Crippen molar-refractivity contribution in [3.05, 3.63) is 35.9 Å². The van der Waals surface area contributed by atoms with E-state index in [0.29, 0.717) is 19.4 Å². The monoisotopic (exact) mass is 362 g/mol. The molecular weight excluding hydrogens is 330 g/mol. The predicted octanol–water partition coefficient (Wildman–Crippen LogP) is 4.14. The SMILES string of the molecule is CC(C)(COCc1ccccc1)C(=O)OC1CC(C)(C)N([O])C(C)(C)C1. The van der Waals surface area contributed by atoms with Gasteiger partial charge in [0.25, 0.3) is 0 Å². The fraction of sp³-hybridized carbons (Fsp3) is 0.667. The molecule has 1 saturated heterocycles. The zero-order valence-corrected chi connectivity index (χ0v) is 16.9. The van der Waals surface area contributed by atoms with Gasteiger partial charge in [-0.25, -0.2) is 0 Å². The minimum atomic E-state index is -0.738. The first-order chi connectivity index (χ1) is 11.9. The molecule has 1 aliphatic rings. The van der Waals surface area contributed by atoms with Crippen molar-refractivity contribution in [1.29, 1.82) is 0 Å². The van der Waals surface area contributed by atoms with Crippen molar-refractivity contribution in [2.45, 2.75) is 78.2 Å². The molecule has 1 heterocycles. The van der Waals surface area contributed by atoms with Gasteiger partial charge in [0.2, 0.25) is 0 Å². The fourth-order valence-electron chi connectivity index (χ4n) is 3.62. The summed E-state index contributed by atoms with van der Waals surface area (Å²) in [4.78, 5) is 12.7. The van der Waals surface area contributed by atoms with Gasteiger partial charge in [0.15, 0.2) is 0 Å². The lowest BCUT2D eigenvalue weighted by atomic mass is 9.80. The lowest BCUT2D eigenvalue weighted by molar-refractivity contribution is -0.300. The lowest BCUT2D eigenvalue weighted by Gasteiger charge is -2.49. The summed E-state index contributed by atoms with van der Waals surface area (Å²) in [7, 11) is 0. The zero-order valence-electron chi connectivity index (χ0n) is 16.9. The molecule has 1 radical (unpaired) electrons. The molecule has 26 heavy (non-hydrogen) atoms. The number of esters is 1. The van der Waals surface area contributed by atoms with Crippen LogP contribution in [0.4, 0.5) is 0 Å². The molecule has 0 N–H and O–H groups in total. The van der Waals surface area contributed by atoms with Crippen LogP contribution in [0.3, 0.4) is 0 Å². The Balaban J connectivity index is 1.91. The third-order valence-electron chi connectivity index (χ3n) is 4.95. The first kappa shape index (κ1) is 20.9. The van der Waals surface area contributed by atoms with Crippen LogP contribution < -0.4 is 0 Å². The third kappa shape index (κ3) is 5.06.